The van der Waals surface area contributed by atoms with Crippen LogP contribution in [-0.4, -0.2) is 59.9 Å². The SMILES string of the molecule is CC/C=C/C=C/C=C/CCCCCCCC(=O)OC(COC(=O)CCCCCCCCCCCC/C=C/C/C=C/C/C=C/CC)COP(=O)(O)OC[C@@H](N)C(=O)O. The number of carboxylic acids is 1. The molecule has 0 aromatic rings. The second-order valence-electron chi connectivity index (χ2n) is 14.1. The van der Waals surface area contributed by atoms with Crippen LogP contribution < -0.4 is 5.73 Å². The molecule has 0 spiro atoms. The largest absolute Gasteiger partial charge is 0.480 e. The second-order valence-corrected chi connectivity index (χ2v) is 15.6. The Balaban J connectivity index is 4.34. The molecule has 0 aromatic heterocycles. The number of hydrogen-bond donors (Lipinski definition) is 3. The molecule has 0 fully saturated rings. The van der Waals surface area contributed by atoms with Crippen LogP contribution in [0.25, 0.3) is 0 Å². The predicted octanol–water partition coefficient (Wildman–Crippen LogP) is 11.3. The van der Waals surface area contributed by atoms with Gasteiger partial charge in [-0.25, -0.2) is 4.57 Å². The van der Waals surface area contributed by atoms with Crippen molar-refractivity contribution in [1.29, 1.82) is 0 Å². The number of hydrogen-bond acceptors (Lipinski definition) is 9. The highest BCUT2D eigenvalue weighted by Gasteiger charge is 2.28. The Morgan fingerprint density at radius 2 is 1.02 bits per heavy atom. The molecule has 0 aliphatic heterocycles. The van der Waals surface area contributed by atoms with Crippen LogP contribution in [0.4, 0.5) is 0 Å². The number of unbranched alkanes of at least 4 members (excludes halogenated alkanes) is 15. The third kappa shape index (κ3) is 39.5. The Kier molecular flexibility index (Phi) is 37.6. The minimum absolute atomic E-state index is 0.134. The number of esters is 2. The molecule has 57 heavy (non-hydrogen) atoms. The first kappa shape index (κ1) is 53.9. The van der Waals surface area contributed by atoms with E-state index in [0.717, 1.165) is 83.5 Å². The zero-order valence-corrected chi connectivity index (χ0v) is 36.0. The third-order valence-corrected chi connectivity index (χ3v) is 9.71. The lowest BCUT2D eigenvalue weighted by atomic mass is 10.1. The van der Waals surface area contributed by atoms with Crippen molar-refractivity contribution in [3.63, 3.8) is 0 Å². The monoisotopic (exact) mass is 822 g/mol. The molecule has 0 aliphatic carbocycles. The van der Waals surface area contributed by atoms with Gasteiger partial charge in [0.05, 0.1) is 13.2 Å². The van der Waals surface area contributed by atoms with E-state index < -0.39 is 51.1 Å². The molecule has 0 radical (unpaired) electrons. The number of carbonyl (C=O) groups is 3. The van der Waals surface area contributed by atoms with Crippen LogP contribution in [0.5, 0.6) is 0 Å². The van der Waals surface area contributed by atoms with E-state index in [4.69, 9.17) is 24.8 Å². The molecule has 326 valence electrons. The van der Waals surface area contributed by atoms with Crippen LogP contribution in [0.2, 0.25) is 0 Å². The zero-order valence-electron chi connectivity index (χ0n) is 35.2. The molecule has 3 atom stereocenters. The van der Waals surface area contributed by atoms with Gasteiger partial charge in [-0.1, -0.05) is 157 Å². The van der Waals surface area contributed by atoms with Gasteiger partial charge in [0.15, 0.2) is 6.10 Å². The molecule has 0 rings (SSSR count). The van der Waals surface area contributed by atoms with Crippen molar-refractivity contribution >= 4 is 25.7 Å². The lowest BCUT2D eigenvalue weighted by Crippen LogP contribution is -2.34. The molecule has 4 N–H and O–H groups in total. The summed E-state index contributed by atoms with van der Waals surface area (Å²) in [5, 5.41) is 8.88. The molecule has 0 aliphatic rings. The first-order chi connectivity index (χ1) is 27.6. The molecule has 0 saturated carbocycles. The van der Waals surface area contributed by atoms with E-state index in [0.29, 0.717) is 12.8 Å². The summed E-state index contributed by atoms with van der Waals surface area (Å²) in [6, 6.07) is -1.53. The highest BCUT2D eigenvalue weighted by molar-refractivity contribution is 7.47. The van der Waals surface area contributed by atoms with Crippen LogP contribution in [-0.2, 0) is 37.5 Å². The Morgan fingerprint density at radius 1 is 0.561 bits per heavy atom. The molecular weight excluding hydrogens is 745 g/mol. The number of phosphoric ester groups is 1. The maximum atomic E-state index is 12.6. The summed E-state index contributed by atoms with van der Waals surface area (Å²) < 4.78 is 32.6. The lowest BCUT2D eigenvalue weighted by Gasteiger charge is -2.20. The predicted molar refractivity (Wildman–Crippen MR) is 231 cm³/mol. The number of aliphatic carboxylic acids is 1. The van der Waals surface area contributed by atoms with Crippen LogP contribution >= 0.6 is 7.82 Å². The van der Waals surface area contributed by atoms with Crippen LogP contribution in [0.3, 0.4) is 0 Å². The maximum Gasteiger partial charge on any atom is 0.472 e. The van der Waals surface area contributed by atoms with Gasteiger partial charge in [0.25, 0.3) is 0 Å². The summed E-state index contributed by atoms with van der Waals surface area (Å²) >= 11 is 0. The van der Waals surface area contributed by atoms with Crippen molar-refractivity contribution in [3.05, 3.63) is 72.9 Å². The molecule has 0 amide bonds. The van der Waals surface area contributed by atoms with Crippen LogP contribution in [0, 0.1) is 0 Å². The fraction of sp³-hybridized carbons (Fsp3) is 0.667. The lowest BCUT2D eigenvalue weighted by molar-refractivity contribution is -0.161. The number of carboxylic acid groups (broad SMARTS) is 1. The van der Waals surface area contributed by atoms with Crippen LogP contribution in [0.15, 0.2) is 72.9 Å². The quantitative estimate of drug-likeness (QED) is 0.0177. The van der Waals surface area contributed by atoms with Gasteiger partial charge < -0.3 is 25.2 Å². The summed E-state index contributed by atoms with van der Waals surface area (Å²) in [7, 11) is -4.72. The zero-order chi connectivity index (χ0) is 42.1. The summed E-state index contributed by atoms with van der Waals surface area (Å²) in [5.74, 6) is -2.42. The van der Waals surface area contributed by atoms with E-state index in [-0.39, 0.29) is 19.4 Å². The summed E-state index contributed by atoms with van der Waals surface area (Å²) in [4.78, 5) is 45.9. The van der Waals surface area contributed by atoms with Gasteiger partial charge in [-0.05, 0) is 64.2 Å². The van der Waals surface area contributed by atoms with Crippen molar-refractivity contribution in [2.45, 2.75) is 174 Å². The first-order valence-electron chi connectivity index (χ1n) is 21.5. The average Bonchev–Trinajstić information content (AvgIpc) is 3.19. The minimum Gasteiger partial charge on any atom is -0.480 e. The van der Waals surface area contributed by atoms with Gasteiger partial charge in [-0.15, -0.1) is 0 Å². The number of nitrogens with two attached hydrogens (primary N) is 1. The van der Waals surface area contributed by atoms with E-state index in [1.54, 1.807) is 0 Å². The van der Waals surface area contributed by atoms with Gasteiger partial charge in [-0.3, -0.25) is 23.4 Å². The van der Waals surface area contributed by atoms with E-state index >= 15 is 0 Å². The standard InChI is InChI=1S/C45H76NO10P/c1-3-5-7-9-11-13-15-17-18-19-20-21-22-23-25-26-28-30-32-34-36-43(47)53-38-41(39-54-57(51,52)55-40-42(46)45(49)50)56-44(48)37-35-33-31-29-27-24-16-14-12-10-8-6-4-2/h5-8,10-14,16-18,41-42H,3-4,9,15,19-40,46H2,1-2H3,(H,49,50)(H,51,52)/b7-5+,8-6+,12-10+,13-11+,16-14+,18-17+/t41?,42-/m1/s1. The molecule has 2 unspecified atom stereocenters. The van der Waals surface area contributed by atoms with E-state index in [2.05, 4.69) is 67.0 Å². The number of ether oxygens (including phenoxy) is 2. The Hall–Kier alpha value is -3.08. The van der Waals surface area contributed by atoms with Gasteiger partial charge in [-0.2, -0.15) is 0 Å². The number of allylic oxidation sites excluding steroid dienone is 12. The van der Waals surface area contributed by atoms with Crippen molar-refractivity contribution in [1.82, 2.24) is 0 Å². The molecular formula is C45H76NO10P. The first-order valence-corrected chi connectivity index (χ1v) is 23.0. The normalized spacial score (nSPS) is 14.5. The molecule has 0 heterocycles. The summed E-state index contributed by atoms with van der Waals surface area (Å²) in [6.07, 6.45) is 46.8. The van der Waals surface area contributed by atoms with Crippen LogP contribution in [0.1, 0.15) is 162 Å². The second kappa shape index (κ2) is 39.7. The highest BCUT2D eigenvalue weighted by atomic mass is 31.2. The van der Waals surface area contributed by atoms with E-state index in [1.165, 1.54) is 38.5 Å². The molecule has 11 nitrogen and oxygen atoms in total. The molecule has 0 aromatic carbocycles. The average molecular weight is 822 g/mol. The van der Waals surface area contributed by atoms with Crippen molar-refractivity contribution < 1.29 is 47.5 Å². The summed E-state index contributed by atoms with van der Waals surface area (Å²) in [6.45, 7) is 2.52. The highest BCUT2D eigenvalue weighted by Crippen LogP contribution is 2.43. The van der Waals surface area contributed by atoms with Gasteiger partial charge in [0.1, 0.15) is 12.6 Å². The van der Waals surface area contributed by atoms with Crippen molar-refractivity contribution in [2.24, 2.45) is 5.73 Å². The Morgan fingerprint density at radius 3 is 1.58 bits per heavy atom. The van der Waals surface area contributed by atoms with E-state index in [9.17, 15) is 23.8 Å². The molecule has 0 saturated heterocycles. The summed E-state index contributed by atoms with van der Waals surface area (Å²) in [5.41, 5.74) is 5.33. The number of carbonyl (C=O) groups excluding carboxylic acids is 2. The van der Waals surface area contributed by atoms with Gasteiger partial charge in [0, 0.05) is 12.8 Å². The fourth-order valence-corrected chi connectivity index (χ4v) is 6.21. The Bertz CT molecular complexity index is 1240. The minimum atomic E-state index is -4.72. The number of rotatable bonds is 39. The third-order valence-electron chi connectivity index (χ3n) is 8.76. The molecule has 12 heteroatoms. The van der Waals surface area contributed by atoms with Gasteiger partial charge in [0.2, 0.25) is 0 Å². The topological polar surface area (TPSA) is 172 Å². The fourth-order valence-electron chi connectivity index (χ4n) is 5.43. The maximum absolute atomic E-state index is 12.6. The van der Waals surface area contributed by atoms with Gasteiger partial charge >= 0.3 is 25.7 Å². The van der Waals surface area contributed by atoms with Crippen molar-refractivity contribution in [3.8, 4) is 0 Å². The smallest absolute Gasteiger partial charge is 0.472 e. The van der Waals surface area contributed by atoms with Crippen molar-refractivity contribution in [2.75, 3.05) is 19.8 Å². The number of phosphoric acid groups is 1. The molecule has 0 bridgehead atoms. The van der Waals surface area contributed by atoms with E-state index in [1.807, 2.05) is 24.3 Å². The Labute approximate surface area is 344 Å².